The van der Waals surface area contributed by atoms with Gasteiger partial charge in [-0.3, -0.25) is 4.79 Å². The lowest BCUT2D eigenvalue weighted by Gasteiger charge is -2.31. The van der Waals surface area contributed by atoms with Crippen molar-refractivity contribution in [3.63, 3.8) is 0 Å². The molecule has 0 radical (unpaired) electrons. The SMILES string of the molecule is CN(C(=O)c1ccc(C2CC2)c(OCC2CCCO2)n1)C(C)(C)C. The summed E-state index contributed by atoms with van der Waals surface area (Å²) in [4.78, 5) is 19.0. The number of hydrogen-bond donors (Lipinski definition) is 0. The quantitative estimate of drug-likeness (QED) is 0.829. The Balaban J connectivity index is 1.78. The van der Waals surface area contributed by atoms with Gasteiger partial charge in [0, 0.05) is 24.8 Å². The summed E-state index contributed by atoms with van der Waals surface area (Å²) < 4.78 is 11.6. The van der Waals surface area contributed by atoms with Crippen molar-refractivity contribution in [2.24, 2.45) is 0 Å². The molecule has 2 fully saturated rings. The number of nitrogens with zero attached hydrogens (tertiary/aromatic N) is 2. The predicted molar refractivity (Wildman–Crippen MR) is 92.5 cm³/mol. The standard InChI is InChI=1S/C19H28N2O3/c1-19(2,3)21(4)18(22)16-10-9-15(13-7-8-13)17(20-16)24-12-14-6-5-11-23-14/h9-10,13-14H,5-8,11-12H2,1-4H3. The molecule has 1 saturated heterocycles. The molecule has 1 aliphatic heterocycles. The molecule has 5 heteroatoms. The lowest BCUT2D eigenvalue weighted by Crippen LogP contribution is -2.42. The Hall–Kier alpha value is -1.62. The molecule has 2 heterocycles. The highest BCUT2D eigenvalue weighted by Crippen LogP contribution is 2.43. The average molecular weight is 332 g/mol. The van der Waals surface area contributed by atoms with Gasteiger partial charge in [-0.15, -0.1) is 0 Å². The van der Waals surface area contributed by atoms with Crippen molar-refractivity contribution >= 4 is 5.91 Å². The zero-order chi connectivity index (χ0) is 17.3. The lowest BCUT2D eigenvalue weighted by molar-refractivity contribution is 0.0629. The van der Waals surface area contributed by atoms with Gasteiger partial charge in [0.25, 0.3) is 5.91 Å². The predicted octanol–water partition coefficient (Wildman–Crippen LogP) is 3.39. The first-order valence-corrected chi connectivity index (χ1v) is 8.90. The number of rotatable bonds is 5. The van der Waals surface area contributed by atoms with Gasteiger partial charge < -0.3 is 14.4 Å². The van der Waals surface area contributed by atoms with E-state index in [1.165, 1.54) is 12.8 Å². The average Bonchev–Trinajstić information content (AvgIpc) is 3.26. The number of aromatic nitrogens is 1. The third kappa shape index (κ3) is 3.89. The summed E-state index contributed by atoms with van der Waals surface area (Å²) in [6, 6.07) is 3.84. The number of amides is 1. The first-order chi connectivity index (χ1) is 11.4. The van der Waals surface area contributed by atoms with Crippen molar-refractivity contribution in [3.8, 4) is 5.88 Å². The topological polar surface area (TPSA) is 51.7 Å². The molecule has 1 atom stereocenters. The van der Waals surface area contributed by atoms with Crippen LogP contribution in [0.3, 0.4) is 0 Å². The van der Waals surface area contributed by atoms with Crippen LogP contribution in [0, 0.1) is 0 Å². The summed E-state index contributed by atoms with van der Waals surface area (Å²) in [7, 11) is 1.81. The first-order valence-electron chi connectivity index (χ1n) is 8.90. The van der Waals surface area contributed by atoms with Crippen molar-refractivity contribution in [2.45, 2.75) is 64.0 Å². The molecule has 1 unspecified atom stereocenters. The van der Waals surface area contributed by atoms with Crippen molar-refractivity contribution in [3.05, 3.63) is 23.4 Å². The van der Waals surface area contributed by atoms with Crippen molar-refractivity contribution in [2.75, 3.05) is 20.3 Å². The largest absolute Gasteiger partial charge is 0.475 e. The molecule has 1 saturated carbocycles. The van der Waals surface area contributed by atoms with E-state index in [9.17, 15) is 4.79 Å². The van der Waals surface area contributed by atoms with E-state index in [2.05, 4.69) is 4.98 Å². The molecule has 132 valence electrons. The van der Waals surface area contributed by atoms with Gasteiger partial charge in [0.15, 0.2) is 0 Å². The second-order valence-corrected chi connectivity index (χ2v) is 7.85. The van der Waals surface area contributed by atoms with Gasteiger partial charge in [0.1, 0.15) is 12.3 Å². The van der Waals surface area contributed by atoms with Crippen LogP contribution in [0.1, 0.15) is 68.4 Å². The van der Waals surface area contributed by atoms with Crippen LogP contribution < -0.4 is 4.74 Å². The van der Waals surface area contributed by atoms with Gasteiger partial charge in [-0.1, -0.05) is 6.07 Å². The first kappa shape index (κ1) is 17.2. The Kier molecular flexibility index (Phi) is 4.81. The number of hydrogen-bond acceptors (Lipinski definition) is 4. The molecule has 1 amide bonds. The van der Waals surface area contributed by atoms with Crippen LogP contribution in [0.5, 0.6) is 5.88 Å². The van der Waals surface area contributed by atoms with Crippen LogP contribution in [0.25, 0.3) is 0 Å². The monoisotopic (exact) mass is 332 g/mol. The summed E-state index contributed by atoms with van der Waals surface area (Å²) >= 11 is 0. The zero-order valence-corrected chi connectivity index (χ0v) is 15.2. The van der Waals surface area contributed by atoms with E-state index in [4.69, 9.17) is 9.47 Å². The molecular weight excluding hydrogens is 304 g/mol. The summed E-state index contributed by atoms with van der Waals surface area (Å²) in [5.74, 6) is 1.06. The summed E-state index contributed by atoms with van der Waals surface area (Å²) in [5, 5.41) is 0. The Morgan fingerprint density at radius 2 is 2.08 bits per heavy atom. The van der Waals surface area contributed by atoms with E-state index in [-0.39, 0.29) is 17.6 Å². The van der Waals surface area contributed by atoms with Crippen LogP contribution in [0.15, 0.2) is 12.1 Å². The maximum Gasteiger partial charge on any atom is 0.272 e. The second-order valence-electron chi connectivity index (χ2n) is 7.85. The zero-order valence-electron chi connectivity index (χ0n) is 15.2. The highest BCUT2D eigenvalue weighted by atomic mass is 16.5. The molecule has 0 bridgehead atoms. The molecule has 1 aromatic rings. The number of carbonyl (C=O) groups excluding carboxylic acids is 1. The third-order valence-corrected chi connectivity index (χ3v) is 4.87. The van der Waals surface area contributed by atoms with Gasteiger partial charge in [-0.2, -0.15) is 0 Å². The van der Waals surface area contributed by atoms with Crippen LogP contribution >= 0.6 is 0 Å². The molecule has 24 heavy (non-hydrogen) atoms. The molecule has 3 rings (SSSR count). The van der Waals surface area contributed by atoms with Crippen molar-refractivity contribution in [1.82, 2.24) is 9.88 Å². The fourth-order valence-corrected chi connectivity index (χ4v) is 2.82. The molecule has 1 aliphatic carbocycles. The van der Waals surface area contributed by atoms with Gasteiger partial charge in [-0.25, -0.2) is 4.98 Å². The van der Waals surface area contributed by atoms with Gasteiger partial charge in [-0.05, 0) is 58.4 Å². The molecule has 0 N–H and O–H groups in total. The Morgan fingerprint density at radius 1 is 1.33 bits per heavy atom. The molecule has 5 nitrogen and oxygen atoms in total. The maximum absolute atomic E-state index is 12.7. The van der Waals surface area contributed by atoms with E-state index < -0.39 is 0 Å². The van der Waals surface area contributed by atoms with Crippen LogP contribution in [-0.2, 0) is 4.74 Å². The Morgan fingerprint density at radius 3 is 2.67 bits per heavy atom. The fourth-order valence-electron chi connectivity index (χ4n) is 2.82. The smallest absolute Gasteiger partial charge is 0.272 e. The van der Waals surface area contributed by atoms with Gasteiger partial charge >= 0.3 is 0 Å². The Bertz CT molecular complexity index is 599. The summed E-state index contributed by atoms with van der Waals surface area (Å²) in [6.45, 7) is 7.36. The van der Waals surface area contributed by atoms with Crippen molar-refractivity contribution < 1.29 is 14.3 Å². The second kappa shape index (κ2) is 6.71. The van der Waals surface area contributed by atoms with E-state index in [0.29, 0.717) is 24.1 Å². The van der Waals surface area contributed by atoms with E-state index in [0.717, 1.165) is 25.0 Å². The van der Waals surface area contributed by atoms with Crippen LogP contribution in [0.4, 0.5) is 0 Å². The molecular formula is C19H28N2O3. The minimum absolute atomic E-state index is 0.0770. The molecule has 1 aromatic heterocycles. The number of ether oxygens (including phenoxy) is 2. The minimum Gasteiger partial charge on any atom is -0.475 e. The maximum atomic E-state index is 12.7. The normalized spacial score (nSPS) is 20.9. The van der Waals surface area contributed by atoms with E-state index in [1.54, 1.807) is 4.90 Å². The highest BCUT2D eigenvalue weighted by Gasteiger charge is 2.30. The molecule has 2 aliphatic rings. The lowest BCUT2D eigenvalue weighted by atomic mass is 10.1. The summed E-state index contributed by atoms with van der Waals surface area (Å²) in [5.41, 5.74) is 1.33. The van der Waals surface area contributed by atoms with Gasteiger partial charge in [0.05, 0.1) is 6.10 Å². The van der Waals surface area contributed by atoms with Crippen molar-refractivity contribution in [1.29, 1.82) is 0 Å². The Labute approximate surface area is 144 Å². The van der Waals surface area contributed by atoms with E-state index >= 15 is 0 Å². The van der Waals surface area contributed by atoms with Crippen LogP contribution in [-0.4, -0.2) is 47.7 Å². The molecule has 0 aromatic carbocycles. The number of carbonyl (C=O) groups is 1. The number of pyridine rings is 1. The third-order valence-electron chi connectivity index (χ3n) is 4.87. The minimum atomic E-state index is -0.243. The van der Waals surface area contributed by atoms with E-state index in [1.807, 2.05) is 40.0 Å². The highest BCUT2D eigenvalue weighted by molar-refractivity contribution is 5.92. The van der Waals surface area contributed by atoms with Gasteiger partial charge in [0.2, 0.25) is 5.88 Å². The van der Waals surface area contributed by atoms with Crippen LogP contribution in [0.2, 0.25) is 0 Å². The summed E-state index contributed by atoms with van der Waals surface area (Å²) in [6.07, 6.45) is 4.62. The molecule has 0 spiro atoms. The fraction of sp³-hybridized carbons (Fsp3) is 0.684.